The molecule has 1 rings (SSSR count). The van der Waals surface area contributed by atoms with E-state index in [0.29, 0.717) is 0 Å². The van der Waals surface area contributed by atoms with Crippen LogP contribution in [0.2, 0.25) is 0 Å². The van der Waals surface area contributed by atoms with Gasteiger partial charge in [0, 0.05) is 12.1 Å². The molecule has 1 aromatic carbocycles. The van der Waals surface area contributed by atoms with Crippen LogP contribution in [0.4, 0.5) is 0 Å². The van der Waals surface area contributed by atoms with E-state index < -0.39 is 0 Å². The van der Waals surface area contributed by atoms with Gasteiger partial charge in [0.1, 0.15) is 5.84 Å². The molecular formula is C17H29N3. The first-order valence-corrected chi connectivity index (χ1v) is 7.75. The minimum Gasteiger partial charge on any atom is -0.384 e. The molecule has 0 aliphatic heterocycles. The van der Waals surface area contributed by atoms with E-state index in [4.69, 9.17) is 11.1 Å². The number of nitrogen functional groups attached to an aromatic ring is 1. The maximum Gasteiger partial charge on any atom is 0.122 e. The van der Waals surface area contributed by atoms with E-state index in [1.807, 2.05) is 18.2 Å². The van der Waals surface area contributed by atoms with Crippen molar-refractivity contribution in [3.8, 4) is 0 Å². The monoisotopic (exact) mass is 275 g/mol. The summed E-state index contributed by atoms with van der Waals surface area (Å²) >= 11 is 0. The molecule has 1 aromatic rings. The molecule has 0 spiro atoms. The molecule has 0 amide bonds. The van der Waals surface area contributed by atoms with Gasteiger partial charge in [-0.3, -0.25) is 5.41 Å². The molecule has 0 aliphatic carbocycles. The molecule has 0 saturated carbocycles. The molecular weight excluding hydrogens is 246 g/mol. The summed E-state index contributed by atoms with van der Waals surface area (Å²) in [5.41, 5.74) is 7.56. The van der Waals surface area contributed by atoms with E-state index in [0.717, 1.165) is 18.7 Å². The molecule has 0 atom stereocenters. The lowest BCUT2D eigenvalue weighted by atomic mass is 10.1. The normalized spacial score (nSPS) is 10.9. The summed E-state index contributed by atoms with van der Waals surface area (Å²) in [6.07, 6.45) is 8.02. The van der Waals surface area contributed by atoms with Gasteiger partial charge in [0.15, 0.2) is 0 Å². The molecule has 0 saturated heterocycles. The smallest absolute Gasteiger partial charge is 0.122 e. The average molecular weight is 275 g/mol. The van der Waals surface area contributed by atoms with Crippen LogP contribution in [0.25, 0.3) is 0 Å². The highest BCUT2D eigenvalue weighted by Gasteiger charge is 2.02. The summed E-state index contributed by atoms with van der Waals surface area (Å²) in [5.74, 6) is 0.144. The molecule has 3 heteroatoms. The lowest BCUT2D eigenvalue weighted by Gasteiger charge is -2.17. The average Bonchev–Trinajstić information content (AvgIpc) is 2.43. The van der Waals surface area contributed by atoms with E-state index in [1.165, 1.54) is 44.1 Å². The molecule has 0 radical (unpaired) electrons. The Hall–Kier alpha value is -1.35. The molecule has 20 heavy (non-hydrogen) atoms. The summed E-state index contributed by atoms with van der Waals surface area (Å²) in [7, 11) is 2.16. The Kier molecular flexibility index (Phi) is 7.97. The zero-order valence-electron chi connectivity index (χ0n) is 13.0. The second-order valence-corrected chi connectivity index (χ2v) is 5.62. The summed E-state index contributed by atoms with van der Waals surface area (Å²) in [5, 5.41) is 7.47. The summed E-state index contributed by atoms with van der Waals surface area (Å²) < 4.78 is 0. The predicted octanol–water partition coefficient (Wildman–Crippen LogP) is 3.76. The van der Waals surface area contributed by atoms with Crippen molar-refractivity contribution in [2.75, 3.05) is 13.6 Å². The van der Waals surface area contributed by atoms with Gasteiger partial charge in [-0.05, 0) is 31.6 Å². The Morgan fingerprint density at radius 2 is 1.85 bits per heavy atom. The molecule has 0 unspecified atom stereocenters. The molecule has 0 aromatic heterocycles. The Morgan fingerprint density at radius 1 is 1.15 bits per heavy atom. The van der Waals surface area contributed by atoms with Gasteiger partial charge in [-0.15, -0.1) is 0 Å². The maximum absolute atomic E-state index is 7.47. The summed E-state index contributed by atoms with van der Waals surface area (Å²) in [6, 6.07) is 7.98. The van der Waals surface area contributed by atoms with Crippen molar-refractivity contribution in [3.05, 3.63) is 35.4 Å². The van der Waals surface area contributed by atoms with Crippen molar-refractivity contribution in [3.63, 3.8) is 0 Å². The van der Waals surface area contributed by atoms with Gasteiger partial charge >= 0.3 is 0 Å². The van der Waals surface area contributed by atoms with Crippen molar-refractivity contribution in [1.29, 1.82) is 5.41 Å². The van der Waals surface area contributed by atoms with Crippen molar-refractivity contribution in [1.82, 2.24) is 4.90 Å². The zero-order chi connectivity index (χ0) is 14.8. The van der Waals surface area contributed by atoms with Gasteiger partial charge in [-0.1, -0.05) is 57.2 Å². The third-order valence-corrected chi connectivity index (χ3v) is 3.58. The topological polar surface area (TPSA) is 53.1 Å². The first kappa shape index (κ1) is 16.7. The molecule has 3 N–H and O–H groups in total. The number of hydrogen-bond donors (Lipinski definition) is 2. The van der Waals surface area contributed by atoms with Crippen LogP contribution in [-0.4, -0.2) is 24.3 Å². The van der Waals surface area contributed by atoms with Gasteiger partial charge in [0.2, 0.25) is 0 Å². The molecule has 0 heterocycles. The highest BCUT2D eigenvalue weighted by molar-refractivity contribution is 5.95. The number of nitrogens with zero attached hydrogens (tertiary/aromatic N) is 1. The Balaban J connectivity index is 2.26. The Bertz CT molecular complexity index is 401. The number of nitrogens with one attached hydrogen (secondary N) is 1. The largest absolute Gasteiger partial charge is 0.384 e. The number of unbranched alkanes of at least 4 members (excludes halogenated alkanes) is 5. The van der Waals surface area contributed by atoms with Crippen molar-refractivity contribution < 1.29 is 0 Å². The number of hydrogen-bond acceptors (Lipinski definition) is 2. The molecule has 112 valence electrons. The SMILES string of the molecule is CCCCCCCCN(C)Cc1cccc(C(=N)N)c1. The van der Waals surface area contributed by atoms with E-state index >= 15 is 0 Å². The fraction of sp³-hybridized carbons (Fsp3) is 0.588. The minimum atomic E-state index is 0.144. The van der Waals surface area contributed by atoms with Crippen LogP contribution in [0.1, 0.15) is 56.6 Å². The first-order valence-electron chi connectivity index (χ1n) is 7.75. The fourth-order valence-corrected chi connectivity index (χ4v) is 2.39. The van der Waals surface area contributed by atoms with Gasteiger partial charge in [-0.2, -0.15) is 0 Å². The van der Waals surface area contributed by atoms with Crippen LogP contribution < -0.4 is 5.73 Å². The first-order chi connectivity index (χ1) is 9.63. The molecule has 0 bridgehead atoms. The lowest BCUT2D eigenvalue weighted by Crippen LogP contribution is -2.19. The van der Waals surface area contributed by atoms with E-state index in [9.17, 15) is 0 Å². The van der Waals surface area contributed by atoms with Gasteiger partial charge in [0.25, 0.3) is 0 Å². The van der Waals surface area contributed by atoms with Crippen LogP contribution in [0, 0.1) is 5.41 Å². The zero-order valence-corrected chi connectivity index (χ0v) is 13.0. The predicted molar refractivity (Wildman–Crippen MR) is 87.2 cm³/mol. The number of rotatable bonds is 10. The standard InChI is InChI=1S/C17H29N3/c1-3-4-5-6-7-8-12-20(2)14-15-10-9-11-16(13-15)17(18)19/h9-11,13H,3-8,12,14H2,1-2H3,(H3,18,19). The summed E-state index contributed by atoms with van der Waals surface area (Å²) in [4.78, 5) is 2.35. The van der Waals surface area contributed by atoms with E-state index in [1.54, 1.807) is 0 Å². The second kappa shape index (κ2) is 9.54. The number of nitrogens with two attached hydrogens (primary N) is 1. The molecule has 0 fully saturated rings. The minimum absolute atomic E-state index is 0.144. The van der Waals surface area contributed by atoms with Crippen LogP contribution in [0.15, 0.2) is 24.3 Å². The quantitative estimate of drug-likeness (QED) is 0.388. The van der Waals surface area contributed by atoms with Gasteiger partial charge in [-0.25, -0.2) is 0 Å². The van der Waals surface area contributed by atoms with Crippen molar-refractivity contribution in [2.24, 2.45) is 5.73 Å². The van der Waals surface area contributed by atoms with Crippen LogP contribution >= 0.6 is 0 Å². The van der Waals surface area contributed by atoms with Crippen molar-refractivity contribution >= 4 is 5.84 Å². The Morgan fingerprint density at radius 3 is 2.55 bits per heavy atom. The highest BCUT2D eigenvalue weighted by atomic mass is 15.1. The maximum atomic E-state index is 7.47. The summed E-state index contributed by atoms with van der Waals surface area (Å²) in [6.45, 7) is 4.31. The fourth-order valence-electron chi connectivity index (χ4n) is 2.39. The number of amidine groups is 1. The molecule has 3 nitrogen and oxygen atoms in total. The second-order valence-electron chi connectivity index (χ2n) is 5.62. The van der Waals surface area contributed by atoms with Crippen LogP contribution in [0.5, 0.6) is 0 Å². The third-order valence-electron chi connectivity index (χ3n) is 3.58. The lowest BCUT2D eigenvalue weighted by molar-refractivity contribution is 0.316. The van der Waals surface area contributed by atoms with Crippen molar-refractivity contribution in [2.45, 2.75) is 52.0 Å². The highest BCUT2D eigenvalue weighted by Crippen LogP contribution is 2.09. The van der Waals surface area contributed by atoms with Gasteiger partial charge in [0.05, 0.1) is 0 Å². The van der Waals surface area contributed by atoms with Crippen LogP contribution in [0.3, 0.4) is 0 Å². The van der Waals surface area contributed by atoms with Gasteiger partial charge < -0.3 is 10.6 Å². The number of benzene rings is 1. The Labute approximate surface area is 123 Å². The van der Waals surface area contributed by atoms with E-state index in [-0.39, 0.29) is 5.84 Å². The third kappa shape index (κ3) is 6.71. The van der Waals surface area contributed by atoms with Crippen LogP contribution in [-0.2, 0) is 6.54 Å². The van der Waals surface area contributed by atoms with E-state index in [2.05, 4.69) is 24.9 Å². The molecule has 0 aliphatic rings.